The molecule has 0 bridgehead atoms. The van der Waals surface area contributed by atoms with Crippen molar-refractivity contribution < 1.29 is 14.3 Å². The van der Waals surface area contributed by atoms with Crippen molar-refractivity contribution in [1.82, 2.24) is 4.57 Å². The molecule has 0 amide bonds. The molecule has 0 N–H and O–H groups in total. The number of esters is 1. The van der Waals surface area contributed by atoms with Gasteiger partial charge >= 0.3 is 5.97 Å². The SMILES string of the molecule is CCOC(=O)C1=C(C)N=c2s/c(=C\c3c(OCc4ccccc4Cl)ccc4ccccc34)c(=O)n2[C@H]1c1ccccc1Cl. The van der Waals surface area contributed by atoms with Crippen LogP contribution in [0.4, 0.5) is 0 Å². The first-order valence-corrected chi connectivity index (χ1v) is 15.3. The number of hydrogen-bond donors (Lipinski definition) is 0. The third-order valence-electron chi connectivity index (χ3n) is 7.26. The fourth-order valence-corrected chi connectivity index (χ4v) is 6.69. The number of fused-ring (bicyclic) bond motifs is 2. The molecule has 2 heterocycles. The summed E-state index contributed by atoms with van der Waals surface area (Å²) >= 11 is 14.3. The van der Waals surface area contributed by atoms with E-state index in [-0.39, 0.29) is 24.3 Å². The molecule has 5 aromatic rings. The van der Waals surface area contributed by atoms with Crippen LogP contribution in [0.3, 0.4) is 0 Å². The van der Waals surface area contributed by atoms with Gasteiger partial charge in [0.1, 0.15) is 18.4 Å². The average molecular weight is 630 g/mol. The maximum atomic E-state index is 14.2. The van der Waals surface area contributed by atoms with Gasteiger partial charge in [0.15, 0.2) is 4.80 Å². The zero-order valence-corrected chi connectivity index (χ0v) is 25.7. The van der Waals surface area contributed by atoms with Crippen molar-refractivity contribution in [2.75, 3.05) is 6.61 Å². The van der Waals surface area contributed by atoms with Gasteiger partial charge in [0.05, 0.1) is 22.4 Å². The second-order valence-electron chi connectivity index (χ2n) is 9.90. The lowest BCUT2D eigenvalue weighted by atomic mass is 9.96. The van der Waals surface area contributed by atoms with E-state index in [1.54, 1.807) is 26.0 Å². The van der Waals surface area contributed by atoms with E-state index in [0.717, 1.165) is 21.9 Å². The van der Waals surface area contributed by atoms with E-state index >= 15 is 0 Å². The van der Waals surface area contributed by atoms with Crippen LogP contribution in [0.5, 0.6) is 5.75 Å². The molecule has 0 fully saturated rings. The van der Waals surface area contributed by atoms with Gasteiger partial charge in [0.2, 0.25) is 0 Å². The van der Waals surface area contributed by atoms with E-state index in [1.807, 2.05) is 78.9 Å². The van der Waals surface area contributed by atoms with E-state index in [0.29, 0.717) is 36.4 Å². The number of nitrogens with zero attached hydrogens (tertiary/aromatic N) is 2. The summed E-state index contributed by atoms with van der Waals surface area (Å²) < 4.78 is 13.7. The van der Waals surface area contributed by atoms with Crippen LogP contribution >= 0.6 is 34.5 Å². The third kappa shape index (κ3) is 5.52. The van der Waals surface area contributed by atoms with Crippen molar-refractivity contribution in [2.24, 2.45) is 4.99 Å². The lowest BCUT2D eigenvalue weighted by Gasteiger charge is -2.25. The minimum Gasteiger partial charge on any atom is -0.488 e. The average Bonchev–Trinajstić information content (AvgIpc) is 3.31. The number of ether oxygens (including phenoxy) is 2. The summed E-state index contributed by atoms with van der Waals surface area (Å²) in [5.74, 6) is 0.0720. The van der Waals surface area contributed by atoms with Crippen LogP contribution in [0, 0.1) is 0 Å². The summed E-state index contributed by atoms with van der Waals surface area (Å²) in [5.41, 5.74) is 2.68. The van der Waals surface area contributed by atoms with Crippen LogP contribution in [-0.2, 0) is 16.1 Å². The zero-order valence-electron chi connectivity index (χ0n) is 23.3. The van der Waals surface area contributed by atoms with Crippen molar-refractivity contribution in [3.05, 3.63) is 143 Å². The van der Waals surface area contributed by atoms with Gasteiger partial charge < -0.3 is 9.47 Å². The van der Waals surface area contributed by atoms with Gasteiger partial charge in [-0.05, 0) is 54.5 Å². The summed E-state index contributed by atoms with van der Waals surface area (Å²) in [7, 11) is 0. The van der Waals surface area contributed by atoms with Crippen molar-refractivity contribution in [3.8, 4) is 5.75 Å². The van der Waals surface area contributed by atoms with Gasteiger partial charge in [0, 0.05) is 21.2 Å². The van der Waals surface area contributed by atoms with Gasteiger partial charge in [0.25, 0.3) is 5.56 Å². The highest BCUT2D eigenvalue weighted by Crippen LogP contribution is 2.35. The Morgan fingerprint density at radius 2 is 1.70 bits per heavy atom. The standard InChI is InChI=1S/C34H26Cl2N2O4S/c1-3-41-33(40)30-20(2)37-34-38(31(30)24-13-7-9-15-27(24)36)32(39)29(43-34)18-25-23-12-6-4-10-21(23)16-17-28(25)42-19-22-11-5-8-14-26(22)35/h4-18,31H,3,19H2,1-2H3/b29-18-/t31-/m0/s1. The molecule has 0 radical (unpaired) electrons. The molecule has 9 heteroatoms. The maximum Gasteiger partial charge on any atom is 0.338 e. The monoisotopic (exact) mass is 628 g/mol. The van der Waals surface area contributed by atoms with Gasteiger partial charge in [-0.15, -0.1) is 0 Å². The highest BCUT2D eigenvalue weighted by molar-refractivity contribution is 7.07. The van der Waals surface area contributed by atoms with Gasteiger partial charge in [-0.3, -0.25) is 9.36 Å². The summed E-state index contributed by atoms with van der Waals surface area (Å²) in [4.78, 5) is 32.6. The van der Waals surface area contributed by atoms with Crippen LogP contribution in [0.25, 0.3) is 16.8 Å². The molecule has 1 aromatic heterocycles. The van der Waals surface area contributed by atoms with Crippen LogP contribution in [0.15, 0.2) is 106 Å². The Kier molecular flexibility index (Phi) is 8.21. The Hall–Kier alpha value is -4.17. The number of thiazole rings is 1. The predicted octanol–water partition coefficient (Wildman–Crippen LogP) is 6.84. The molecule has 1 atom stereocenters. The molecule has 0 aliphatic carbocycles. The Morgan fingerprint density at radius 3 is 2.47 bits per heavy atom. The summed E-state index contributed by atoms with van der Waals surface area (Å²) in [6.07, 6.45) is 1.83. The highest BCUT2D eigenvalue weighted by atomic mass is 35.5. The number of halogens is 2. The fraction of sp³-hybridized carbons (Fsp3) is 0.147. The fourth-order valence-electron chi connectivity index (χ4n) is 5.24. The van der Waals surface area contributed by atoms with Gasteiger partial charge in [-0.25, -0.2) is 9.79 Å². The number of carbonyl (C=O) groups is 1. The van der Waals surface area contributed by atoms with Crippen LogP contribution < -0.4 is 19.6 Å². The molecule has 216 valence electrons. The van der Waals surface area contributed by atoms with Crippen molar-refractivity contribution in [1.29, 1.82) is 0 Å². The van der Waals surface area contributed by atoms with E-state index in [1.165, 1.54) is 15.9 Å². The van der Waals surface area contributed by atoms with E-state index in [4.69, 9.17) is 32.7 Å². The molecule has 6 rings (SSSR count). The molecule has 1 aliphatic heterocycles. The molecule has 0 unspecified atom stereocenters. The number of rotatable bonds is 7. The van der Waals surface area contributed by atoms with Crippen molar-refractivity contribution in [2.45, 2.75) is 26.5 Å². The van der Waals surface area contributed by atoms with Crippen LogP contribution in [0.2, 0.25) is 10.0 Å². The second kappa shape index (κ2) is 12.2. The largest absolute Gasteiger partial charge is 0.488 e. The highest BCUT2D eigenvalue weighted by Gasteiger charge is 2.34. The first-order valence-electron chi connectivity index (χ1n) is 13.7. The maximum absolute atomic E-state index is 14.2. The number of benzene rings is 4. The molecular formula is C34H26Cl2N2O4S. The molecule has 4 aromatic carbocycles. The lowest BCUT2D eigenvalue weighted by Crippen LogP contribution is -2.40. The quantitative estimate of drug-likeness (QED) is 0.185. The first-order chi connectivity index (χ1) is 20.9. The van der Waals surface area contributed by atoms with Crippen molar-refractivity contribution in [3.63, 3.8) is 0 Å². The molecule has 6 nitrogen and oxygen atoms in total. The lowest BCUT2D eigenvalue weighted by molar-refractivity contribution is -0.139. The minimum atomic E-state index is -0.797. The Balaban J connectivity index is 1.54. The van der Waals surface area contributed by atoms with Gasteiger partial charge in [-0.2, -0.15) is 0 Å². The normalized spacial score (nSPS) is 14.9. The first kappa shape index (κ1) is 28.9. The molecule has 0 saturated carbocycles. The van der Waals surface area contributed by atoms with Gasteiger partial charge in [-0.1, -0.05) is 101 Å². The van der Waals surface area contributed by atoms with E-state index in [9.17, 15) is 9.59 Å². The van der Waals surface area contributed by atoms with Crippen molar-refractivity contribution >= 4 is 57.4 Å². The number of carbonyl (C=O) groups excluding carboxylic acids is 1. The molecule has 1 aliphatic rings. The summed E-state index contributed by atoms with van der Waals surface area (Å²) in [5, 5.41) is 2.98. The summed E-state index contributed by atoms with van der Waals surface area (Å²) in [6.45, 7) is 3.93. The molecular weight excluding hydrogens is 603 g/mol. The molecule has 0 saturated heterocycles. The van der Waals surface area contributed by atoms with E-state index in [2.05, 4.69) is 4.99 Å². The topological polar surface area (TPSA) is 69.9 Å². The number of allylic oxidation sites excluding steroid dienone is 1. The predicted molar refractivity (Wildman–Crippen MR) is 172 cm³/mol. The number of aromatic nitrogens is 1. The molecule has 0 spiro atoms. The third-order valence-corrected chi connectivity index (χ3v) is 8.96. The second-order valence-corrected chi connectivity index (χ2v) is 11.7. The smallest absolute Gasteiger partial charge is 0.338 e. The Bertz CT molecular complexity index is 2100. The van der Waals surface area contributed by atoms with Crippen LogP contribution in [-0.4, -0.2) is 17.1 Å². The van der Waals surface area contributed by atoms with E-state index < -0.39 is 12.0 Å². The Labute approximate surface area is 261 Å². The van der Waals surface area contributed by atoms with Crippen LogP contribution in [0.1, 0.15) is 36.6 Å². The minimum absolute atomic E-state index is 0.188. The summed E-state index contributed by atoms with van der Waals surface area (Å²) in [6, 6.07) is 25.7. The zero-order chi connectivity index (χ0) is 30.1. The molecule has 43 heavy (non-hydrogen) atoms. The number of hydrogen-bond acceptors (Lipinski definition) is 6. The Morgan fingerprint density at radius 1 is 0.977 bits per heavy atom.